The summed E-state index contributed by atoms with van der Waals surface area (Å²) in [6.07, 6.45) is 7.86. The predicted octanol–water partition coefficient (Wildman–Crippen LogP) is 3.08. The second-order valence-electron chi connectivity index (χ2n) is 7.83. The number of nitrogens with one attached hydrogen (secondary N) is 2. The van der Waals surface area contributed by atoms with E-state index in [0.717, 1.165) is 43.8 Å². The third kappa shape index (κ3) is 6.62. The molecule has 1 aliphatic carbocycles. The standard InChI is InChI=1S/C20H36N6.HI/c1-4-21-20(22-11-7-12-26-17(3)14-16(2)24-26)23-18-10-13-25(15-18)19-8-5-6-9-19;/h14,18-19H,4-13,15H2,1-3H3,(H2,21,22,23);1H. The van der Waals surface area contributed by atoms with Crippen LogP contribution in [0, 0.1) is 13.8 Å². The van der Waals surface area contributed by atoms with E-state index in [1.54, 1.807) is 0 Å². The summed E-state index contributed by atoms with van der Waals surface area (Å²) in [7, 11) is 0. The lowest BCUT2D eigenvalue weighted by atomic mass is 10.2. The molecule has 1 saturated heterocycles. The maximum absolute atomic E-state index is 4.79. The second kappa shape index (κ2) is 11.2. The van der Waals surface area contributed by atoms with Crippen molar-refractivity contribution in [2.45, 2.75) is 77.9 Å². The first-order chi connectivity index (χ1) is 12.7. The van der Waals surface area contributed by atoms with Crippen LogP contribution in [0.15, 0.2) is 11.1 Å². The van der Waals surface area contributed by atoms with Crippen molar-refractivity contribution >= 4 is 29.9 Å². The van der Waals surface area contributed by atoms with Gasteiger partial charge in [0.2, 0.25) is 0 Å². The van der Waals surface area contributed by atoms with Crippen molar-refractivity contribution in [1.29, 1.82) is 0 Å². The van der Waals surface area contributed by atoms with E-state index in [-0.39, 0.29) is 24.0 Å². The van der Waals surface area contributed by atoms with Crippen LogP contribution in [-0.4, -0.2) is 58.9 Å². The zero-order valence-corrected chi connectivity index (χ0v) is 19.5. The number of likely N-dealkylation sites (tertiary alicyclic amines) is 1. The molecule has 6 nitrogen and oxygen atoms in total. The largest absolute Gasteiger partial charge is 0.357 e. The topological polar surface area (TPSA) is 57.5 Å². The molecule has 0 spiro atoms. The Labute approximate surface area is 181 Å². The van der Waals surface area contributed by atoms with Crippen LogP contribution in [-0.2, 0) is 6.54 Å². The highest BCUT2D eigenvalue weighted by Gasteiger charge is 2.30. The zero-order chi connectivity index (χ0) is 18.4. The zero-order valence-electron chi connectivity index (χ0n) is 17.2. The number of aromatic nitrogens is 2. The van der Waals surface area contributed by atoms with Crippen LogP contribution < -0.4 is 10.6 Å². The summed E-state index contributed by atoms with van der Waals surface area (Å²) >= 11 is 0. The molecule has 2 fully saturated rings. The third-order valence-corrected chi connectivity index (χ3v) is 5.65. The SMILES string of the molecule is CCNC(=NCCCn1nc(C)cc1C)NC1CCN(C2CCCC2)C1.I. The van der Waals surface area contributed by atoms with Crippen LogP contribution in [0.3, 0.4) is 0 Å². The number of nitrogens with zero attached hydrogens (tertiary/aromatic N) is 4. The molecule has 2 aliphatic rings. The van der Waals surface area contributed by atoms with Gasteiger partial charge in [0.05, 0.1) is 5.69 Å². The molecule has 154 valence electrons. The second-order valence-corrected chi connectivity index (χ2v) is 7.83. The highest BCUT2D eigenvalue weighted by Crippen LogP contribution is 2.26. The van der Waals surface area contributed by atoms with E-state index in [0.29, 0.717) is 6.04 Å². The first-order valence-electron chi connectivity index (χ1n) is 10.5. The maximum atomic E-state index is 4.79. The van der Waals surface area contributed by atoms with E-state index in [2.05, 4.69) is 45.2 Å². The molecular formula is C20H37IN6. The Balaban J connectivity index is 0.00000261. The fourth-order valence-electron chi connectivity index (χ4n) is 4.33. The summed E-state index contributed by atoms with van der Waals surface area (Å²) in [5.74, 6) is 0.971. The van der Waals surface area contributed by atoms with Crippen molar-refractivity contribution < 1.29 is 0 Å². The number of hydrogen-bond acceptors (Lipinski definition) is 3. The van der Waals surface area contributed by atoms with E-state index in [1.165, 1.54) is 50.9 Å². The van der Waals surface area contributed by atoms with Crippen LogP contribution >= 0.6 is 24.0 Å². The van der Waals surface area contributed by atoms with Gasteiger partial charge < -0.3 is 10.6 Å². The van der Waals surface area contributed by atoms with Crippen molar-refractivity contribution in [2.24, 2.45) is 4.99 Å². The van der Waals surface area contributed by atoms with Gasteiger partial charge in [0.1, 0.15) is 0 Å². The van der Waals surface area contributed by atoms with Gasteiger partial charge in [-0.2, -0.15) is 5.10 Å². The van der Waals surface area contributed by atoms with Crippen molar-refractivity contribution in [3.8, 4) is 0 Å². The Morgan fingerprint density at radius 3 is 2.70 bits per heavy atom. The number of aliphatic imine (C=N–C) groups is 1. The fourth-order valence-corrected chi connectivity index (χ4v) is 4.33. The highest BCUT2D eigenvalue weighted by atomic mass is 127. The van der Waals surface area contributed by atoms with E-state index in [9.17, 15) is 0 Å². The molecule has 0 bridgehead atoms. The molecule has 0 radical (unpaired) electrons. The Morgan fingerprint density at radius 1 is 1.26 bits per heavy atom. The summed E-state index contributed by atoms with van der Waals surface area (Å²) in [4.78, 5) is 7.48. The monoisotopic (exact) mass is 488 g/mol. The number of guanidine groups is 1. The third-order valence-electron chi connectivity index (χ3n) is 5.65. The summed E-state index contributed by atoms with van der Waals surface area (Å²) in [5, 5.41) is 11.6. The number of halogens is 1. The van der Waals surface area contributed by atoms with Gasteiger partial charge in [-0.25, -0.2) is 0 Å². The molecule has 1 aromatic heterocycles. The van der Waals surface area contributed by atoms with Gasteiger partial charge in [0, 0.05) is 50.5 Å². The summed E-state index contributed by atoms with van der Waals surface area (Å²) in [6.45, 7) is 11.4. The van der Waals surface area contributed by atoms with E-state index >= 15 is 0 Å². The van der Waals surface area contributed by atoms with Gasteiger partial charge in [0.25, 0.3) is 0 Å². The molecule has 2 N–H and O–H groups in total. The number of hydrogen-bond donors (Lipinski definition) is 2. The molecule has 1 atom stereocenters. The first kappa shape index (κ1) is 22.5. The van der Waals surface area contributed by atoms with Gasteiger partial charge in [-0.15, -0.1) is 24.0 Å². The molecule has 0 aromatic carbocycles. The van der Waals surface area contributed by atoms with E-state index in [4.69, 9.17) is 4.99 Å². The molecule has 1 unspecified atom stereocenters. The van der Waals surface area contributed by atoms with Crippen LogP contribution in [0.5, 0.6) is 0 Å². The summed E-state index contributed by atoms with van der Waals surface area (Å²) < 4.78 is 2.08. The van der Waals surface area contributed by atoms with Gasteiger partial charge in [-0.3, -0.25) is 14.6 Å². The fraction of sp³-hybridized carbons (Fsp3) is 0.800. The Bertz CT molecular complexity index is 593. The molecule has 0 amide bonds. The molecule has 1 saturated carbocycles. The molecule has 3 rings (SSSR count). The predicted molar refractivity (Wildman–Crippen MR) is 123 cm³/mol. The minimum Gasteiger partial charge on any atom is -0.357 e. The molecule has 7 heteroatoms. The van der Waals surface area contributed by atoms with Crippen molar-refractivity contribution in [3.05, 3.63) is 17.5 Å². The minimum atomic E-state index is 0. The average molecular weight is 488 g/mol. The first-order valence-corrected chi connectivity index (χ1v) is 10.5. The van der Waals surface area contributed by atoms with Crippen molar-refractivity contribution in [1.82, 2.24) is 25.3 Å². The van der Waals surface area contributed by atoms with Gasteiger partial charge >= 0.3 is 0 Å². The Hall–Kier alpha value is -0.830. The lowest BCUT2D eigenvalue weighted by Crippen LogP contribution is -2.45. The minimum absolute atomic E-state index is 0. The van der Waals surface area contributed by atoms with Crippen LogP contribution in [0.4, 0.5) is 0 Å². The highest BCUT2D eigenvalue weighted by molar-refractivity contribution is 14.0. The maximum Gasteiger partial charge on any atom is 0.191 e. The molecule has 1 aromatic rings. The van der Waals surface area contributed by atoms with E-state index < -0.39 is 0 Å². The number of aryl methyl sites for hydroxylation is 3. The van der Waals surface area contributed by atoms with Crippen LogP contribution in [0.25, 0.3) is 0 Å². The summed E-state index contributed by atoms with van der Waals surface area (Å²) in [5.41, 5.74) is 2.32. The summed E-state index contributed by atoms with van der Waals surface area (Å²) in [6, 6.07) is 3.50. The lowest BCUT2D eigenvalue weighted by Gasteiger charge is -2.24. The molecular weight excluding hydrogens is 451 g/mol. The Kier molecular flexibility index (Phi) is 9.35. The van der Waals surface area contributed by atoms with Gasteiger partial charge in [-0.05, 0) is 52.5 Å². The van der Waals surface area contributed by atoms with Crippen molar-refractivity contribution in [2.75, 3.05) is 26.2 Å². The average Bonchev–Trinajstić information content (AvgIpc) is 3.33. The van der Waals surface area contributed by atoms with Crippen LogP contribution in [0.1, 0.15) is 56.8 Å². The van der Waals surface area contributed by atoms with Crippen LogP contribution in [0.2, 0.25) is 0 Å². The van der Waals surface area contributed by atoms with Crippen molar-refractivity contribution in [3.63, 3.8) is 0 Å². The van der Waals surface area contributed by atoms with E-state index in [1.807, 2.05) is 6.92 Å². The van der Waals surface area contributed by atoms with Gasteiger partial charge in [-0.1, -0.05) is 12.8 Å². The smallest absolute Gasteiger partial charge is 0.191 e. The normalized spacial score (nSPS) is 21.4. The Morgan fingerprint density at radius 2 is 2.04 bits per heavy atom. The lowest BCUT2D eigenvalue weighted by molar-refractivity contribution is 0.242. The quantitative estimate of drug-likeness (QED) is 0.268. The molecule has 2 heterocycles. The molecule has 1 aliphatic heterocycles. The molecule has 27 heavy (non-hydrogen) atoms. The van der Waals surface area contributed by atoms with Gasteiger partial charge in [0.15, 0.2) is 5.96 Å². The number of rotatable bonds is 7.